The summed E-state index contributed by atoms with van der Waals surface area (Å²) in [4.78, 5) is 2.54. The molecule has 1 saturated heterocycles. The van der Waals surface area contributed by atoms with E-state index in [0.717, 1.165) is 31.2 Å². The molecule has 0 aromatic heterocycles. The summed E-state index contributed by atoms with van der Waals surface area (Å²) >= 11 is 0. The summed E-state index contributed by atoms with van der Waals surface area (Å²) in [5, 5.41) is 14.3. The zero-order valence-corrected chi connectivity index (χ0v) is 13.7. The zero-order valence-electron chi connectivity index (χ0n) is 13.7. The van der Waals surface area contributed by atoms with Crippen LogP contribution in [0.2, 0.25) is 0 Å². The number of nitrogens with one attached hydrogen (secondary N) is 1. The minimum atomic E-state index is -0.440. The lowest BCUT2D eigenvalue weighted by Gasteiger charge is -2.38. The van der Waals surface area contributed by atoms with Crippen molar-refractivity contribution in [3.05, 3.63) is 0 Å². The second-order valence-electron chi connectivity index (χ2n) is 7.35. The van der Waals surface area contributed by atoms with Gasteiger partial charge < -0.3 is 15.3 Å². The minimum Gasteiger partial charge on any atom is -0.389 e. The van der Waals surface area contributed by atoms with Gasteiger partial charge >= 0.3 is 0 Å². The predicted molar refractivity (Wildman–Crippen MR) is 84.9 cm³/mol. The van der Waals surface area contributed by atoms with Crippen LogP contribution < -0.4 is 5.32 Å². The number of nitrogens with zero attached hydrogens (tertiary/aromatic N) is 1. The molecule has 0 amide bonds. The Morgan fingerprint density at radius 2 is 1.80 bits per heavy atom. The molecule has 0 bridgehead atoms. The SMILES string of the molecule is CCN1CCC(C(C)NCC2(O)CCC(C)CC2)CC1. The topological polar surface area (TPSA) is 35.5 Å². The van der Waals surface area contributed by atoms with Crippen molar-refractivity contribution in [1.82, 2.24) is 10.2 Å². The fourth-order valence-electron chi connectivity index (χ4n) is 3.76. The molecule has 1 aliphatic heterocycles. The van der Waals surface area contributed by atoms with Gasteiger partial charge in [0.2, 0.25) is 0 Å². The maximum Gasteiger partial charge on any atom is 0.0771 e. The lowest BCUT2D eigenvalue weighted by molar-refractivity contribution is -0.0100. The van der Waals surface area contributed by atoms with E-state index < -0.39 is 5.60 Å². The van der Waals surface area contributed by atoms with E-state index in [-0.39, 0.29) is 0 Å². The molecule has 0 radical (unpaired) electrons. The van der Waals surface area contributed by atoms with Crippen LogP contribution in [0, 0.1) is 11.8 Å². The standard InChI is InChI=1S/C17H34N2O/c1-4-19-11-7-16(8-12-19)15(3)18-13-17(20)9-5-14(2)6-10-17/h14-16,18,20H,4-13H2,1-3H3. The Hall–Kier alpha value is -0.120. The molecule has 3 heteroatoms. The van der Waals surface area contributed by atoms with Crippen LogP contribution >= 0.6 is 0 Å². The normalized spacial score (nSPS) is 35.1. The Labute approximate surface area is 125 Å². The largest absolute Gasteiger partial charge is 0.389 e. The van der Waals surface area contributed by atoms with Crippen molar-refractivity contribution in [2.75, 3.05) is 26.2 Å². The Kier molecular flexibility index (Phi) is 5.88. The van der Waals surface area contributed by atoms with Crippen molar-refractivity contribution in [3.63, 3.8) is 0 Å². The smallest absolute Gasteiger partial charge is 0.0771 e. The van der Waals surface area contributed by atoms with Crippen LogP contribution in [0.3, 0.4) is 0 Å². The molecule has 1 heterocycles. The van der Waals surface area contributed by atoms with E-state index in [4.69, 9.17) is 0 Å². The Morgan fingerprint density at radius 3 is 2.35 bits per heavy atom. The lowest BCUT2D eigenvalue weighted by Crippen LogP contribution is -2.49. The van der Waals surface area contributed by atoms with E-state index in [1.165, 1.54) is 45.3 Å². The minimum absolute atomic E-state index is 0.440. The van der Waals surface area contributed by atoms with Gasteiger partial charge in [-0.25, -0.2) is 0 Å². The summed E-state index contributed by atoms with van der Waals surface area (Å²) in [6.07, 6.45) is 6.92. The highest BCUT2D eigenvalue weighted by Crippen LogP contribution is 2.31. The Bertz CT molecular complexity index is 279. The van der Waals surface area contributed by atoms with E-state index in [1.54, 1.807) is 0 Å². The fourth-order valence-corrected chi connectivity index (χ4v) is 3.76. The molecular formula is C17H34N2O. The van der Waals surface area contributed by atoms with Gasteiger partial charge in [0.05, 0.1) is 5.60 Å². The molecule has 0 aromatic carbocycles. The van der Waals surface area contributed by atoms with Crippen LogP contribution in [0.15, 0.2) is 0 Å². The van der Waals surface area contributed by atoms with Gasteiger partial charge in [-0.1, -0.05) is 13.8 Å². The number of hydrogen-bond donors (Lipinski definition) is 2. The van der Waals surface area contributed by atoms with Gasteiger partial charge in [-0.3, -0.25) is 0 Å². The lowest BCUT2D eigenvalue weighted by atomic mass is 9.79. The van der Waals surface area contributed by atoms with Crippen LogP contribution in [-0.4, -0.2) is 47.8 Å². The molecule has 118 valence electrons. The number of rotatable bonds is 5. The molecule has 20 heavy (non-hydrogen) atoms. The van der Waals surface area contributed by atoms with Crippen molar-refractivity contribution < 1.29 is 5.11 Å². The third-order valence-electron chi connectivity index (χ3n) is 5.74. The Morgan fingerprint density at radius 1 is 1.20 bits per heavy atom. The summed E-state index contributed by atoms with van der Waals surface area (Å²) in [6.45, 7) is 11.3. The van der Waals surface area contributed by atoms with E-state index in [2.05, 4.69) is 31.0 Å². The van der Waals surface area contributed by atoms with Crippen LogP contribution in [0.1, 0.15) is 59.3 Å². The number of hydrogen-bond acceptors (Lipinski definition) is 3. The molecule has 2 aliphatic rings. The molecular weight excluding hydrogens is 248 g/mol. The summed E-state index contributed by atoms with van der Waals surface area (Å²) in [5.41, 5.74) is -0.440. The molecule has 0 aromatic rings. The monoisotopic (exact) mass is 282 g/mol. The predicted octanol–water partition coefficient (Wildman–Crippen LogP) is 2.64. The van der Waals surface area contributed by atoms with E-state index in [0.29, 0.717) is 6.04 Å². The molecule has 1 atom stereocenters. The van der Waals surface area contributed by atoms with Gasteiger partial charge in [0.1, 0.15) is 0 Å². The van der Waals surface area contributed by atoms with Gasteiger partial charge in [-0.2, -0.15) is 0 Å². The summed E-state index contributed by atoms with van der Waals surface area (Å²) in [5.74, 6) is 1.58. The van der Waals surface area contributed by atoms with Crippen molar-refractivity contribution in [3.8, 4) is 0 Å². The maximum atomic E-state index is 10.6. The molecule has 0 spiro atoms. The maximum absolute atomic E-state index is 10.6. The van der Waals surface area contributed by atoms with Gasteiger partial charge in [0, 0.05) is 12.6 Å². The van der Waals surface area contributed by atoms with Crippen LogP contribution in [0.5, 0.6) is 0 Å². The second-order valence-corrected chi connectivity index (χ2v) is 7.35. The van der Waals surface area contributed by atoms with E-state index >= 15 is 0 Å². The summed E-state index contributed by atoms with van der Waals surface area (Å²) < 4.78 is 0. The Balaban J connectivity index is 1.71. The van der Waals surface area contributed by atoms with Crippen LogP contribution in [-0.2, 0) is 0 Å². The third-order valence-corrected chi connectivity index (χ3v) is 5.74. The van der Waals surface area contributed by atoms with Gasteiger partial charge in [0.15, 0.2) is 0 Å². The highest BCUT2D eigenvalue weighted by molar-refractivity contribution is 4.88. The fraction of sp³-hybridized carbons (Fsp3) is 1.00. The van der Waals surface area contributed by atoms with E-state index in [1.807, 2.05) is 0 Å². The van der Waals surface area contributed by atoms with Gasteiger partial charge in [-0.15, -0.1) is 0 Å². The molecule has 2 fully saturated rings. The first kappa shape index (κ1) is 16.3. The highest BCUT2D eigenvalue weighted by Gasteiger charge is 2.32. The summed E-state index contributed by atoms with van der Waals surface area (Å²) in [6, 6.07) is 0.539. The van der Waals surface area contributed by atoms with Crippen molar-refractivity contribution >= 4 is 0 Å². The van der Waals surface area contributed by atoms with Crippen LogP contribution in [0.25, 0.3) is 0 Å². The first-order valence-electron chi connectivity index (χ1n) is 8.70. The zero-order chi connectivity index (χ0) is 14.6. The number of likely N-dealkylation sites (tertiary alicyclic amines) is 1. The first-order chi connectivity index (χ1) is 9.52. The van der Waals surface area contributed by atoms with Gasteiger partial charge in [0.25, 0.3) is 0 Å². The highest BCUT2D eigenvalue weighted by atomic mass is 16.3. The number of piperidine rings is 1. The van der Waals surface area contributed by atoms with Crippen molar-refractivity contribution in [2.45, 2.75) is 70.9 Å². The summed E-state index contributed by atoms with van der Waals surface area (Å²) in [7, 11) is 0. The van der Waals surface area contributed by atoms with Crippen molar-refractivity contribution in [2.24, 2.45) is 11.8 Å². The van der Waals surface area contributed by atoms with Crippen molar-refractivity contribution in [1.29, 1.82) is 0 Å². The van der Waals surface area contributed by atoms with Crippen LogP contribution in [0.4, 0.5) is 0 Å². The molecule has 2 rings (SSSR count). The van der Waals surface area contributed by atoms with E-state index in [9.17, 15) is 5.11 Å². The number of aliphatic hydroxyl groups is 1. The average molecular weight is 282 g/mol. The third kappa shape index (κ3) is 4.44. The molecule has 3 nitrogen and oxygen atoms in total. The second kappa shape index (κ2) is 7.24. The average Bonchev–Trinajstić information content (AvgIpc) is 2.48. The molecule has 1 unspecified atom stereocenters. The first-order valence-corrected chi connectivity index (χ1v) is 8.70. The molecule has 2 N–H and O–H groups in total. The molecule has 1 aliphatic carbocycles. The van der Waals surface area contributed by atoms with Gasteiger partial charge in [-0.05, 0) is 76.9 Å². The quantitative estimate of drug-likeness (QED) is 0.814. The molecule has 1 saturated carbocycles.